The molecule has 4 heteroatoms. The van der Waals surface area contributed by atoms with Gasteiger partial charge in [-0.15, -0.1) is 0 Å². The largest absolute Gasteiger partial charge is 0.408 e. The standard InChI is InChI=1S/C11H24NOSi2/c1-7-12-9-8-10(12)15(5,6)13-11(2,3)14-4/h7,10H,8-9H2,1-6H3/q+1. The van der Waals surface area contributed by atoms with Gasteiger partial charge >= 0.3 is 0 Å². The zero-order valence-corrected chi connectivity index (χ0v) is 12.9. The molecule has 0 spiro atoms. The lowest BCUT2D eigenvalue weighted by Crippen LogP contribution is -2.61. The van der Waals surface area contributed by atoms with E-state index in [1.807, 2.05) is 0 Å². The van der Waals surface area contributed by atoms with E-state index in [9.17, 15) is 0 Å². The molecular formula is C11H24NOSi2+. The van der Waals surface area contributed by atoms with Gasteiger partial charge in [0, 0.05) is 12.1 Å². The molecule has 1 heterocycles. The minimum atomic E-state index is -1.56. The van der Waals surface area contributed by atoms with E-state index >= 15 is 0 Å². The van der Waals surface area contributed by atoms with E-state index in [1.165, 1.54) is 13.0 Å². The third-order valence-corrected chi connectivity index (χ3v) is 8.09. The van der Waals surface area contributed by atoms with Crippen LogP contribution in [0.5, 0.6) is 0 Å². The van der Waals surface area contributed by atoms with E-state index in [4.69, 9.17) is 4.43 Å². The first-order chi connectivity index (χ1) is 6.82. The number of hydrogen-bond donors (Lipinski definition) is 0. The molecule has 0 aromatic rings. The van der Waals surface area contributed by atoms with Gasteiger partial charge in [0.05, 0.1) is 15.9 Å². The Hall–Kier alpha value is 0.0638. The summed E-state index contributed by atoms with van der Waals surface area (Å²) in [5.74, 6) is 0. The topological polar surface area (TPSA) is 12.2 Å². The lowest BCUT2D eigenvalue weighted by Gasteiger charge is -2.40. The average Bonchev–Trinajstić information content (AvgIpc) is 2.00. The fourth-order valence-electron chi connectivity index (χ4n) is 2.24. The van der Waals surface area contributed by atoms with Crippen LogP contribution in [0.15, 0.2) is 0 Å². The Labute approximate surface area is 97.7 Å². The van der Waals surface area contributed by atoms with Crippen LogP contribution in [0.1, 0.15) is 27.2 Å². The quantitative estimate of drug-likeness (QED) is 0.543. The van der Waals surface area contributed by atoms with Gasteiger partial charge < -0.3 is 4.43 Å². The normalized spacial score (nSPS) is 25.5. The van der Waals surface area contributed by atoms with Crippen LogP contribution in [-0.4, -0.2) is 46.1 Å². The summed E-state index contributed by atoms with van der Waals surface area (Å²) in [4.78, 5) is 0. The van der Waals surface area contributed by atoms with Gasteiger partial charge in [0.2, 0.25) is 0 Å². The Morgan fingerprint density at radius 1 is 1.47 bits per heavy atom. The second kappa shape index (κ2) is 4.51. The molecule has 0 aliphatic carbocycles. The maximum Gasteiger partial charge on any atom is 0.262 e. The van der Waals surface area contributed by atoms with Crippen molar-refractivity contribution < 1.29 is 9.00 Å². The molecule has 0 aromatic heterocycles. The molecular weight excluding hydrogens is 218 g/mol. The average molecular weight is 242 g/mol. The van der Waals surface area contributed by atoms with Crippen LogP contribution in [0.4, 0.5) is 0 Å². The summed E-state index contributed by atoms with van der Waals surface area (Å²) in [6.45, 7) is 14.7. The van der Waals surface area contributed by atoms with Crippen LogP contribution in [0.3, 0.4) is 0 Å². The molecule has 1 saturated heterocycles. The number of nitrogens with zero attached hydrogens (tertiary/aromatic N) is 1. The van der Waals surface area contributed by atoms with Gasteiger partial charge in [-0.3, -0.25) is 0 Å². The molecule has 0 saturated carbocycles. The fraction of sp³-hybridized carbons (Fsp3) is 0.909. The van der Waals surface area contributed by atoms with Gasteiger partial charge in [0.15, 0.2) is 5.67 Å². The van der Waals surface area contributed by atoms with Gasteiger partial charge in [-0.2, -0.15) is 0 Å². The highest BCUT2D eigenvalue weighted by atomic mass is 28.4. The fourth-order valence-corrected chi connectivity index (χ4v) is 6.79. The summed E-state index contributed by atoms with van der Waals surface area (Å²) in [6.07, 6.45) is 3.53. The summed E-state index contributed by atoms with van der Waals surface area (Å²) in [5.41, 5.74) is 0.693. The number of hydrogen-bond acceptors (Lipinski definition) is 1. The minimum absolute atomic E-state index is 0.0741. The zero-order valence-electron chi connectivity index (χ0n) is 10.9. The van der Waals surface area contributed by atoms with Gasteiger partial charge in [-0.25, -0.2) is 4.58 Å². The van der Waals surface area contributed by atoms with E-state index in [2.05, 4.69) is 51.2 Å². The molecule has 1 aliphatic heterocycles. The van der Waals surface area contributed by atoms with Crippen molar-refractivity contribution in [1.29, 1.82) is 0 Å². The predicted octanol–water partition coefficient (Wildman–Crippen LogP) is 2.11. The first kappa shape index (κ1) is 13.1. The highest BCUT2D eigenvalue weighted by Gasteiger charge is 2.49. The van der Waals surface area contributed by atoms with Crippen molar-refractivity contribution in [2.45, 2.75) is 57.7 Å². The van der Waals surface area contributed by atoms with E-state index in [0.29, 0.717) is 5.67 Å². The van der Waals surface area contributed by atoms with Crippen LogP contribution in [0, 0.1) is 0 Å². The molecule has 0 bridgehead atoms. The second-order valence-electron chi connectivity index (χ2n) is 5.27. The highest BCUT2D eigenvalue weighted by molar-refractivity contribution is 6.73. The summed E-state index contributed by atoms with van der Waals surface area (Å²) >= 11 is 0. The molecule has 1 aliphatic rings. The molecule has 2 nitrogen and oxygen atoms in total. The van der Waals surface area contributed by atoms with E-state index < -0.39 is 8.32 Å². The highest BCUT2D eigenvalue weighted by Crippen LogP contribution is 2.27. The molecule has 86 valence electrons. The Kier molecular flexibility index (Phi) is 3.95. The zero-order chi connectivity index (χ0) is 11.7. The van der Waals surface area contributed by atoms with Crippen LogP contribution in [0.25, 0.3) is 0 Å². The van der Waals surface area contributed by atoms with Gasteiger partial charge in [0.1, 0.15) is 12.8 Å². The predicted molar refractivity (Wildman–Crippen MR) is 69.5 cm³/mol. The third kappa shape index (κ3) is 3.01. The molecule has 0 amide bonds. The first-order valence-electron chi connectivity index (χ1n) is 5.77. The molecule has 1 unspecified atom stereocenters. The molecule has 0 aromatic carbocycles. The van der Waals surface area contributed by atoms with Crippen molar-refractivity contribution in [3.8, 4) is 0 Å². The van der Waals surface area contributed by atoms with Crippen molar-refractivity contribution in [3.63, 3.8) is 0 Å². The Balaban J connectivity index is 2.67. The Morgan fingerprint density at radius 3 is 2.40 bits per heavy atom. The van der Waals surface area contributed by atoms with Crippen molar-refractivity contribution >= 4 is 24.1 Å². The summed E-state index contributed by atoms with van der Waals surface area (Å²) in [5, 5.41) is 0.0741. The molecule has 2 radical (unpaired) electrons. The third-order valence-electron chi connectivity index (χ3n) is 3.32. The monoisotopic (exact) mass is 242 g/mol. The minimum Gasteiger partial charge on any atom is -0.408 e. The molecule has 1 atom stereocenters. The van der Waals surface area contributed by atoms with Crippen molar-refractivity contribution in [2.24, 2.45) is 0 Å². The van der Waals surface area contributed by atoms with Gasteiger partial charge in [-0.05, 0) is 26.9 Å². The first-order valence-corrected chi connectivity index (χ1v) is 10.3. The Morgan fingerprint density at radius 2 is 2.07 bits per heavy atom. The molecule has 0 N–H and O–H groups in total. The maximum absolute atomic E-state index is 6.40. The van der Waals surface area contributed by atoms with Crippen molar-refractivity contribution in [3.05, 3.63) is 0 Å². The molecule has 15 heavy (non-hydrogen) atoms. The Bertz CT molecular complexity index is 261. The van der Waals surface area contributed by atoms with Crippen LogP contribution in [0.2, 0.25) is 19.6 Å². The maximum atomic E-state index is 6.40. The summed E-state index contributed by atoms with van der Waals surface area (Å²) < 4.78 is 8.85. The number of rotatable bonds is 4. The molecule has 1 rings (SSSR count). The van der Waals surface area contributed by atoms with Gasteiger partial charge in [-0.1, -0.05) is 6.55 Å². The SMILES string of the molecule is CC=[N+]1CCC1[Si](C)(C)OC(C)(C)[Si]C. The van der Waals surface area contributed by atoms with Crippen molar-refractivity contribution in [1.82, 2.24) is 0 Å². The van der Waals surface area contributed by atoms with E-state index in [1.54, 1.807) is 0 Å². The van der Waals surface area contributed by atoms with Crippen LogP contribution >= 0.6 is 0 Å². The summed E-state index contributed by atoms with van der Waals surface area (Å²) in [7, 11) is -0.706. The van der Waals surface area contributed by atoms with E-state index in [-0.39, 0.29) is 5.22 Å². The van der Waals surface area contributed by atoms with Crippen molar-refractivity contribution in [2.75, 3.05) is 6.54 Å². The van der Waals surface area contributed by atoms with Crippen LogP contribution in [-0.2, 0) is 4.43 Å². The van der Waals surface area contributed by atoms with Crippen LogP contribution < -0.4 is 0 Å². The lowest BCUT2D eigenvalue weighted by molar-refractivity contribution is -0.603. The smallest absolute Gasteiger partial charge is 0.262 e. The molecule has 1 fully saturated rings. The van der Waals surface area contributed by atoms with E-state index in [0.717, 1.165) is 9.52 Å². The summed E-state index contributed by atoms with van der Waals surface area (Å²) in [6, 6.07) is 0. The van der Waals surface area contributed by atoms with Gasteiger partial charge in [0.25, 0.3) is 8.32 Å². The lowest BCUT2D eigenvalue weighted by atomic mass is 10.2. The second-order valence-corrected chi connectivity index (χ2v) is 11.0.